The van der Waals surface area contributed by atoms with Crippen LogP contribution in [0.2, 0.25) is 0 Å². The Bertz CT molecular complexity index is 747. The van der Waals surface area contributed by atoms with Crippen LogP contribution in [0.15, 0.2) is 51.4 Å². The first kappa shape index (κ1) is 17.7. The number of nitrogens with one attached hydrogen (secondary N) is 1. The van der Waals surface area contributed by atoms with Gasteiger partial charge in [0.05, 0.1) is 6.54 Å². The van der Waals surface area contributed by atoms with E-state index in [4.69, 9.17) is 0 Å². The molecule has 0 spiro atoms. The van der Waals surface area contributed by atoms with Crippen LogP contribution >= 0.6 is 31.9 Å². The van der Waals surface area contributed by atoms with Gasteiger partial charge in [0.25, 0.3) is 5.91 Å². The second-order valence-corrected chi connectivity index (χ2v) is 7.01. The van der Waals surface area contributed by atoms with Crippen LogP contribution in [0.3, 0.4) is 0 Å². The van der Waals surface area contributed by atoms with Gasteiger partial charge in [0, 0.05) is 27.2 Å². The molecule has 0 aliphatic heterocycles. The highest BCUT2D eigenvalue weighted by molar-refractivity contribution is 9.10. The zero-order chi connectivity index (χ0) is 17.0. The maximum atomic E-state index is 12.3. The number of halogens is 2. The maximum Gasteiger partial charge on any atom is 0.254 e. The molecular weight excluding hydrogens is 424 g/mol. The number of anilines is 1. The smallest absolute Gasteiger partial charge is 0.254 e. The lowest BCUT2D eigenvalue weighted by molar-refractivity contribution is -0.116. The van der Waals surface area contributed by atoms with Crippen molar-refractivity contribution in [2.45, 2.75) is 6.92 Å². The molecule has 0 saturated carbocycles. The Kier molecular flexibility index (Phi) is 5.96. The van der Waals surface area contributed by atoms with Crippen LogP contribution in [-0.2, 0) is 4.79 Å². The van der Waals surface area contributed by atoms with Crippen LogP contribution in [0.4, 0.5) is 5.69 Å². The number of carbonyl (C=O) groups is 2. The first-order valence-corrected chi connectivity index (χ1v) is 8.52. The fourth-order valence-corrected chi connectivity index (χ4v) is 2.96. The molecule has 0 bridgehead atoms. The summed E-state index contributed by atoms with van der Waals surface area (Å²) in [7, 11) is 1.61. The Hall–Kier alpha value is -1.66. The number of hydrogen-bond donors (Lipinski definition) is 1. The highest BCUT2D eigenvalue weighted by atomic mass is 79.9. The largest absolute Gasteiger partial charge is 0.332 e. The van der Waals surface area contributed by atoms with Crippen LogP contribution in [0.1, 0.15) is 15.9 Å². The molecule has 0 aromatic heterocycles. The molecule has 0 radical (unpaired) electrons. The summed E-state index contributed by atoms with van der Waals surface area (Å²) in [4.78, 5) is 25.8. The summed E-state index contributed by atoms with van der Waals surface area (Å²) in [6.45, 7) is 1.90. The van der Waals surface area contributed by atoms with Gasteiger partial charge in [-0.2, -0.15) is 0 Å². The third-order valence-corrected chi connectivity index (χ3v) is 4.25. The van der Waals surface area contributed by atoms with E-state index in [2.05, 4.69) is 37.2 Å². The number of nitrogens with zero attached hydrogens (tertiary/aromatic N) is 1. The van der Waals surface area contributed by atoms with Crippen LogP contribution in [0, 0.1) is 6.92 Å². The fourth-order valence-electron chi connectivity index (χ4n) is 2.09. The number of benzene rings is 2. The molecule has 4 nitrogen and oxygen atoms in total. The third-order valence-electron chi connectivity index (χ3n) is 3.26. The summed E-state index contributed by atoms with van der Waals surface area (Å²) < 4.78 is 1.78. The van der Waals surface area contributed by atoms with E-state index in [0.717, 1.165) is 20.2 Å². The van der Waals surface area contributed by atoms with E-state index < -0.39 is 0 Å². The van der Waals surface area contributed by atoms with Gasteiger partial charge in [0.2, 0.25) is 5.91 Å². The summed E-state index contributed by atoms with van der Waals surface area (Å²) in [6.07, 6.45) is 0. The van der Waals surface area contributed by atoms with Crippen molar-refractivity contribution in [1.82, 2.24) is 4.90 Å². The van der Waals surface area contributed by atoms with Crippen molar-refractivity contribution in [1.29, 1.82) is 0 Å². The number of hydrogen-bond acceptors (Lipinski definition) is 2. The zero-order valence-electron chi connectivity index (χ0n) is 12.8. The van der Waals surface area contributed by atoms with Gasteiger partial charge in [-0.1, -0.05) is 37.9 Å². The summed E-state index contributed by atoms with van der Waals surface area (Å²) in [6, 6.07) is 12.7. The molecule has 0 fully saturated rings. The zero-order valence-corrected chi connectivity index (χ0v) is 15.9. The van der Waals surface area contributed by atoms with Gasteiger partial charge < -0.3 is 10.2 Å². The molecule has 0 heterocycles. The summed E-state index contributed by atoms with van der Waals surface area (Å²) in [5.41, 5.74) is 2.23. The molecule has 0 aliphatic carbocycles. The van der Waals surface area contributed by atoms with Gasteiger partial charge in [0.1, 0.15) is 0 Å². The Labute approximate surface area is 152 Å². The molecule has 1 N–H and O–H groups in total. The number of rotatable bonds is 4. The molecule has 2 amide bonds. The topological polar surface area (TPSA) is 49.4 Å². The average molecular weight is 440 g/mol. The minimum absolute atomic E-state index is 0.0130. The first-order valence-electron chi connectivity index (χ1n) is 6.94. The molecule has 6 heteroatoms. The Morgan fingerprint density at radius 3 is 2.43 bits per heavy atom. The Morgan fingerprint density at radius 1 is 1.09 bits per heavy atom. The lowest BCUT2D eigenvalue weighted by Gasteiger charge is -2.17. The number of aryl methyl sites for hydroxylation is 1. The van der Waals surface area contributed by atoms with Gasteiger partial charge in [-0.05, 0) is 48.9 Å². The molecule has 2 rings (SSSR count). The predicted molar refractivity (Wildman–Crippen MR) is 98.6 cm³/mol. The van der Waals surface area contributed by atoms with Gasteiger partial charge >= 0.3 is 0 Å². The summed E-state index contributed by atoms with van der Waals surface area (Å²) in [5.74, 6) is -0.435. The van der Waals surface area contributed by atoms with E-state index in [0.29, 0.717) is 5.56 Å². The van der Waals surface area contributed by atoms with E-state index in [-0.39, 0.29) is 18.4 Å². The van der Waals surface area contributed by atoms with Crippen molar-refractivity contribution >= 4 is 49.4 Å². The highest BCUT2D eigenvalue weighted by Crippen LogP contribution is 2.20. The average Bonchev–Trinajstić information content (AvgIpc) is 2.49. The molecule has 0 saturated heterocycles. The number of likely N-dealkylation sites (N-methyl/N-ethyl adjacent to an activating group) is 1. The van der Waals surface area contributed by atoms with Gasteiger partial charge in [-0.25, -0.2) is 0 Å². The molecule has 23 heavy (non-hydrogen) atoms. The first-order chi connectivity index (χ1) is 10.9. The second-order valence-electron chi connectivity index (χ2n) is 5.18. The number of amides is 2. The molecule has 2 aromatic carbocycles. The lowest BCUT2D eigenvalue weighted by atomic mass is 10.2. The normalized spacial score (nSPS) is 10.3. The molecule has 2 aromatic rings. The van der Waals surface area contributed by atoms with E-state index in [1.54, 1.807) is 25.2 Å². The monoisotopic (exact) mass is 438 g/mol. The van der Waals surface area contributed by atoms with E-state index in [1.165, 1.54) is 4.90 Å². The quantitative estimate of drug-likeness (QED) is 0.774. The van der Waals surface area contributed by atoms with E-state index in [1.807, 2.05) is 31.2 Å². The van der Waals surface area contributed by atoms with Gasteiger partial charge in [-0.3, -0.25) is 9.59 Å². The van der Waals surface area contributed by atoms with Crippen LogP contribution in [0.25, 0.3) is 0 Å². The van der Waals surface area contributed by atoms with Crippen LogP contribution in [-0.4, -0.2) is 30.3 Å². The van der Waals surface area contributed by atoms with Crippen molar-refractivity contribution in [2.24, 2.45) is 0 Å². The number of carbonyl (C=O) groups excluding carboxylic acids is 2. The minimum Gasteiger partial charge on any atom is -0.332 e. The Balaban J connectivity index is 2.00. The van der Waals surface area contributed by atoms with E-state index in [9.17, 15) is 9.59 Å². The maximum absolute atomic E-state index is 12.3. The molecular formula is C17H16Br2N2O2. The molecule has 0 unspecified atom stereocenters. The predicted octanol–water partition coefficient (Wildman–Crippen LogP) is 4.23. The van der Waals surface area contributed by atoms with Crippen molar-refractivity contribution in [3.63, 3.8) is 0 Å². The lowest BCUT2D eigenvalue weighted by Crippen LogP contribution is -2.35. The molecule has 0 atom stereocenters. The summed E-state index contributed by atoms with van der Waals surface area (Å²) in [5, 5.41) is 2.82. The van der Waals surface area contributed by atoms with E-state index >= 15 is 0 Å². The van der Waals surface area contributed by atoms with Crippen LogP contribution < -0.4 is 5.32 Å². The minimum atomic E-state index is -0.235. The van der Waals surface area contributed by atoms with Gasteiger partial charge in [-0.15, -0.1) is 0 Å². The molecule has 0 aliphatic rings. The van der Waals surface area contributed by atoms with Crippen LogP contribution in [0.5, 0.6) is 0 Å². The van der Waals surface area contributed by atoms with Crippen molar-refractivity contribution in [3.05, 3.63) is 62.5 Å². The summed E-state index contributed by atoms with van der Waals surface area (Å²) >= 11 is 6.72. The molecule has 120 valence electrons. The second kappa shape index (κ2) is 7.75. The van der Waals surface area contributed by atoms with Crippen molar-refractivity contribution in [2.75, 3.05) is 18.9 Å². The van der Waals surface area contributed by atoms with Crippen molar-refractivity contribution in [3.8, 4) is 0 Å². The fraction of sp³-hybridized carbons (Fsp3) is 0.176. The van der Waals surface area contributed by atoms with Gasteiger partial charge in [0.15, 0.2) is 0 Å². The third kappa shape index (κ3) is 4.91. The van der Waals surface area contributed by atoms with Crippen molar-refractivity contribution < 1.29 is 9.59 Å². The highest BCUT2D eigenvalue weighted by Gasteiger charge is 2.15. The SMILES string of the molecule is Cc1cc(Br)ccc1NC(=O)CN(C)C(=O)c1cccc(Br)c1. The Morgan fingerprint density at radius 2 is 1.78 bits per heavy atom. The standard InChI is InChI=1S/C17H16Br2N2O2/c1-11-8-14(19)6-7-15(11)20-16(22)10-21(2)17(23)12-4-3-5-13(18)9-12/h3-9H,10H2,1-2H3,(H,20,22).